The molecule has 0 amide bonds. The van der Waals surface area contributed by atoms with Crippen LogP contribution in [0.25, 0.3) is 0 Å². The normalized spacial score (nSPS) is 33.3. The summed E-state index contributed by atoms with van der Waals surface area (Å²) in [5.41, 5.74) is 0. The number of hydrogen-bond acceptors (Lipinski definition) is 1. The minimum atomic E-state index is 0.890. The molecule has 92 valence electrons. The molecular formula is C15H27N. The van der Waals surface area contributed by atoms with Gasteiger partial charge < -0.3 is 0 Å². The summed E-state index contributed by atoms with van der Waals surface area (Å²) < 4.78 is 0. The van der Waals surface area contributed by atoms with E-state index in [0.29, 0.717) is 0 Å². The predicted octanol–water partition coefficient (Wildman–Crippen LogP) is 3.85. The molecule has 2 rings (SSSR count). The Hall–Kier alpha value is -0.300. The van der Waals surface area contributed by atoms with Crippen molar-refractivity contribution in [3.8, 4) is 0 Å². The zero-order valence-corrected chi connectivity index (χ0v) is 10.8. The fourth-order valence-corrected chi connectivity index (χ4v) is 3.02. The van der Waals surface area contributed by atoms with Crippen molar-refractivity contribution in [2.45, 2.75) is 51.9 Å². The summed E-state index contributed by atoms with van der Waals surface area (Å²) in [6, 6.07) is 0. The molecule has 1 heterocycles. The van der Waals surface area contributed by atoms with Crippen molar-refractivity contribution in [1.29, 1.82) is 0 Å². The molecule has 0 atom stereocenters. The van der Waals surface area contributed by atoms with Crippen LogP contribution in [0.15, 0.2) is 12.2 Å². The van der Waals surface area contributed by atoms with E-state index < -0.39 is 0 Å². The molecule has 0 spiro atoms. The smallest absolute Gasteiger partial charge is 0.0163 e. The first-order chi connectivity index (χ1) is 7.84. The molecule has 0 N–H and O–H groups in total. The molecule has 0 aromatic rings. The maximum atomic E-state index is 2.60. The highest BCUT2D eigenvalue weighted by molar-refractivity contribution is 4.92. The van der Waals surface area contributed by atoms with Crippen LogP contribution in [0.5, 0.6) is 0 Å². The van der Waals surface area contributed by atoms with Crippen LogP contribution in [0.1, 0.15) is 51.9 Å². The summed E-state index contributed by atoms with van der Waals surface area (Å²) >= 11 is 0. The highest BCUT2D eigenvalue weighted by Crippen LogP contribution is 2.28. The third kappa shape index (κ3) is 3.93. The standard InChI is InChI=1S/C15H27N/c1-14-7-9-15(10-8-14)6-5-13-16-11-3-2-4-12-16/h5-6,14-15H,2-4,7-13H2,1H3. The Morgan fingerprint density at radius 3 is 2.38 bits per heavy atom. The van der Waals surface area contributed by atoms with E-state index in [2.05, 4.69) is 24.0 Å². The Morgan fingerprint density at radius 1 is 1.00 bits per heavy atom. The van der Waals surface area contributed by atoms with Gasteiger partial charge >= 0.3 is 0 Å². The fraction of sp³-hybridized carbons (Fsp3) is 0.867. The zero-order valence-electron chi connectivity index (χ0n) is 10.8. The lowest BCUT2D eigenvalue weighted by atomic mass is 9.83. The number of likely N-dealkylation sites (tertiary alicyclic amines) is 1. The summed E-state index contributed by atoms with van der Waals surface area (Å²) in [6.45, 7) is 6.25. The van der Waals surface area contributed by atoms with E-state index in [4.69, 9.17) is 0 Å². The number of rotatable bonds is 3. The van der Waals surface area contributed by atoms with E-state index in [1.807, 2.05) is 0 Å². The fourth-order valence-electron chi connectivity index (χ4n) is 3.02. The summed E-state index contributed by atoms with van der Waals surface area (Å²) in [5, 5.41) is 0. The Kier molecular flexibility index (Phi) is 4.90. The third-order valence-corrected chi connectivity index (χ3v) is 4.28. The van der Waals surface area contributed by atoms with E-state index in [1.165, 1.54) is 64.6 Å². The first-order valence-corrected chi connectivity index (χ1v) is 7.23. The average molecular weight is 221 g/mol. The SMILES string of the molecule is CC1CCC(C=CCN2CCCCC2)CC1. The second-order valence-electron chi connectivity index (χ2n) is 5.81. The highest BCUT2D eigenvalue weighted by Gasteiger charge is 2.15. The van der Waals surface area contributed by atoms with Crippen LogP contribution < -0.4 is 0 Å². The maximum absolute atomic E-state index is 2.60. The van der Waals surface area contributed by atoms with Crippen molar-refractivity contribution in [3.05, 3.63) is 12.2 Å². The van der Waals surface area contributed by atoms with E-state index in [-0.39, 0.29) is 0 Å². The van der Waals surface area contributed by atoms with Crippen molar-refractivity contribution in [3.63, 3.8) is 0 Å². The molecule has 0 radical (unpaired) electrons. The van der Waals surface area contributed by atoms with Gasteiger partial charge in [0.2, 0.25) is 0 Å². The Morgan fingerprint density at radius 2 is 1.69 bits per heavy atom. The van der Waals surface area contributed by atoms with Crippen LogP contribution >= 0.6 is 0 Å². The van der Waals surface area contributed by atoms with Gasteiger partial charge in [0, 0.05) is 6.54 Å². The Bertz CT molecular complexity index is 207. The lowest BCUT2D eigenvalue weighted by molar-refractivity contribution is 0.250. The van der Waals surface area contributed by atoms with Crippen molar-refractivity contribution in [1.82, 2.24) is 4.90 Å². The number of allylic oxidation sites excluding steroid dienone is 1. The summed E-state index contributed by atoms with van der Waals surface area (Å²) in [7, 11) is 0. The predicted molar refractivity (Wildman–Crippen MR) is 70.6 cm³/mol. The van der Waals surface area contributed by atoms with Gasteiger partial charge in [-0.25, -0.2) is 0 Å². The second-order valence-corrected chi connectivity index (χ2v) is 5.81. The molecule has 0 bridgehead atoms. The quantitative estimate of drug-likeness (QED) is 0.654. The molecule has 0 aromatic heterocycles. The summed E-state index contributed by atoms with van der Waals surface area (Å²) in [6.07, 6.45) is 14.9. The van der Waals surface area contributed by atoms with Crippen LogP contribution in [-0.2, 0) is 0 Å². The lowest BCUT2D eigenvalue weighted by Crippen LogP contribution is -2.29. The Labute approximate surface area is 101 Å². The molecule has 16 heavy (non-hydrogen) atoms. The molecule has 1 aliphatic carbocycles. The molecule has 1 aliphatic heterocycles. The summed E-state index contributed by atoms with van der Waals surface area (Å²) in [5.74, 6) is 1.87. The van der Waals surface area contributed by atoms with Crippen LogP contribution in [-0.4, -0.2) is 24.5 Å². The van der Waals surface area contributed by atoms with Gasteiger partial charge in [0.1, 0.15) is 0 Å². The van der Waals surface area contributed by atoms with Crippen molar-refractivity contribution in [2.75, 3.05) is 19.6 Å². The van der Waals surface area contributed by atoms with E-state index in [0.717, 1.165) is 11.8 Å². The molecular weight excluding hydrogens is 194 g/mol. The van der Waals surface area contributed by atoms with Gasteiger partial charge in [-0.3, -0.25) is 4.90 Å². The van der Waals surface area contributed by atoms with Gasteiger partial charge in [0.15, 0.2) is 0 Å². The van der Waals surface area contributed by atoms with Crippen LogP contribution in [0.2, 0.25) is 0 Å². The van der Waals surface area contributed by atoms with E-state index in [9.17, 15) is 0 Å². The number of nitrogens with zero attached hydrogens (tertiary/aromatic N) is 1. The van der Waals surface area contributed by atoms with Crippen LogP contribution in [0, 0.1) is 11.8 Å². The first-order valence-electron chi connectivity index (χ1n) is 7.23. The molecule has 1 heteroatoms. The van der Waals surface area contributed by atoms with Gasteiger partial charge in [0.25, 0.3) is 0 Å². The maximum Gasteiger partial charge on any atom is 0.0163 e. The average Bonchev–Trinajstić information content (AvgIpc) is 2.33. The topological polar surface area (TPSA) is 3.24 Å². The van der Waals surface area contributed by atoms with Gasteiger partial charge in [-0.1, -0.05) is 38.3 Å². The van der Waals surface area contributed by atoms with E-state index in [1.54, 1.807) is 0 Å². The van der Waals surface area contributed by atoms with Crippen molar-refractivity contribution < 1.29 is 0 Å². The van der Waals surface area contributed by atoms with Gasteiger partial charge in [0.05, 0.1) is 0 Å². The van der Waals surface area contributed by atoms with Crippen LogP contribution in [0.4, 0.5) is 0 Å². The molecule has 1 nitrogen and oxygen atoms in total. The second kappa shape index (κ2) is 6.44. The minimum absolute atomic E-state index is 0.890. The first kappa shape index (κ1) is 12.2. The summed E-state index contributed by atoms with van der Waals surface area (Å²) in [4.78, 5) is 2.60. The highest BCUT2D eigenvalue weighted by atomic mass is 15.1. The molecule has 1 saturated carbocycles. The molecule has 0 aromatic carbocycles. The third-order valence-electron chi connectivity index (χ3n) is 4.28. The van der Waals surface area contributed by atoms with Crippen molar-refractivity contribution >= 4 is 0 Å². The lowest BCUT2D eigenvalue weighted by Gasteiger charge is -2.26. The number of hydrogen-bond donors (Lipinski definition) is 0. The zero-order chi connectivity index (χ0) is 11.2. The minimum Gasteiger partial charge on any atom is -0.300 e. The van der Waals surface area contributed by atoms with Gasteiger partial charge in [-0.15, -0.1) is 0 Å². The Balaban J connectivity index is 1.64. The largest absolute Gasteiger partial charge is 0.300 e. The monoisotopic (exact) mass is 221 g/mol. The van der Waals surface area contributed by atoms with Gasteiger partial charge in [-0.05, 0) is 50.6 Å². The number of piperidine rings is 1. The van der Waals surface area contributed by atoms with E-state index >= 15 is 0 Å². The van der Waals surface area contributed by atoms with Crippen LogP contribution in [0.3, 0.4) is 0 Å². The molecule has 2 fully saturated rings. The van der Waals surface area contributed by atoms with Gasteiger partial charge in [-0.2, -0.15) is 0 Å². The molecule has 1 saturated heterocycles. The van der Waals surface area contributed by atoms with Crippen molar-refractivity contribution in [2.24, 2.45) is 11.8 Å². The molecule has 2 aliphatic rings. The molecule has 0 unspecified atom stereocenters.